The first-order valence-corrected chi connectivity index (χ1v) is 10.9. The molecule has 0 unspecified atom stereocenters. The van der Waals surface area contributed by atoms with E-state index in [0.717, 1.165) is 8.95 Å². The van der Waals surface area contributed by atoms with Crippen LogP contribution in [0.25, 0.3) is 0 Å². The number of esters is 1. The van der Waals surface area contributed by atoms with Crippen molar-refractivity contribution in [3.63, 3.8) is 0 Å². The molecule has 9 heteroatoms. The Morgan fingerprint density at radius 2 is 1.77 bits per heavy atom. The quantitative estimate of drug-likeness (QED) is 0.214. The number of carbonyl (C=O) groups is 2. The molecule has 0 aromatic heterocycles. The minimum absolute atomic E-state index is 0.0839. The van der Waals surface area contributed by atoms with Crippen LogP contribution in [0.15, 0.2) is 51.4 Å². The van der Waals surface area contributed by atoms with Crippen LogP contribution in [0.3, 0.4) is 0 Å². The van der Waals surface area contributed by atoms with E-state index in [9.17, 15) is 19.7 Å². The van der Waals surface area contributed by atoms with E-state index in [2.05, 4.69) is 31.9 Å². The average molecular weight is 541 g/mol. The highest BCUT2D eigenvalue weighted by molar-refractivity contribution is 9.10. The number of nitrogens with zero attached hydrogens (tertiary/aromatic N) is 1. The number of ketones is 1. The number of Topliss-reactive ketones (excluding diaryl/α,β-unsaturated/α-hetero) is 1. The standard InChI is InChI=1S/C21H19Br2NO6/c1-2-29-20(26)11-19-21(24(27)28)16(15-9-14(23)7-8-18(15)30-19)10-17(25)12-3-5-13(22)6-4-12/h3-9,16,19,21H,2,10-11H2,1H3/t16-,19+,21+/m1/s1. The summed E-state index contributed by atoms with van der Waals surface area (Å²) >= 11 is 6.71. The van der Waals surface area contributed by atoms with E-state index in [0.29, 0.717) is 16.9 Å². The largest absolute Gasteiger partial charge is 0.482 e. The topological polar surface area (TPSA) is 95.7 Å². The molecule has 1 aliphatic heterocycles. The molecule has 0 spiro atoms. The fourth-order valence-electron chi connectivity index (χ4n) is 3.61. The average Bonchev–Trinajstić information content (AvgIpc) is 2.68. The summed E-state index contributed by atoms with van der Waals surface area (Å²) in [6.07, 6.45) is -1.38. The first-order valence-electron chi connectivity index (χ1n) is 9.34. The van der Waals surface area contributed by atoms with Crippen molar-refractivity contribution in [1.82, 2.24) is 0 Å². The van der Waals surface area contributed by atoms with Crippen LogP contribution < -0.4 is 4.74 Å². The molecule has 3 rings (SSSR count). The van der Waals surface area contributed by atoms with Gasteiger partial charge in [0.05, 0.1) is 18.9 Å². The third-order valence-corrected chi connectivity index (χ3v) is 5.95. The Labute approximate surface area is 190 Å². The molecule has 0 N–H and O–H groups in total. The Kier molecular flexibility index (Phi) is 7.25. The summed E-state index contributed by atoms with van der Waals surface area (Å²) in [6.45, 7) is 1.83. The number of halogens is 2. The van der Waals surface area contributed by atoms with Gasteiger partial charge in [0.15, 0.2) is 11.9 Å². The summed E-state index contributed by atoms with van der Waals surface area (Å²) in [7, 11) is 0. The van der Waals surface area contributed by atoms with Gasteiger partial charge in [0.1, 0.15) is 5.75 Å². The highest BCUT2D eigenvalue weighted by Gasteiger charge is 2.48. The molecule has 158 valence electrons. The van der Waals surface area contributed by atoms with E-state index < -0.39 is 29.0 Å². The van der Waals surface area contributed by atoms with Gasteiger partial charge in [-0.2, -0.15) is 0 Å². The predicted molar refractivity (Wildman–Crippen MR) is 116 cm³/mol. The van der Waals surface area contributed by atoms with Gasteiger partial charge in [0.2, 0.25) is 0 Å². The Bertz CT molecular complexity index is 962. The SMILES string of the molecule is CCOC(=O)C[C@@H]1Oc2ccc(Br)cc2[C@@H](CC(=O)c2ccc(Br)cc2)[C@@H]1[N+](=O)[O-]. The lowest BCUT2D eigenvalue weighted by molar-refractivity contribution is -0.538. The van der Waals surface area contributed by atoms with Gasteiger partial charge in [-0.25, -0.2) is 0 Å². The maximum absolute atomic E-state index is 12.9. The van der Waals surface area contributed by atoms with Crippen molar-refractivity contribution < 1.29 is 24.0 Å². The number of carbonyl (C=O) groups excluding carboxylic acids is 2. The van der Waals surface area contributed by atoms with Crippen LogP contribution in [0.5, 0.6) is 5.75 Å². The van der Waals surface area contributed by atoms with Gasteiger partial charge in [0, 0.05) is 31.4 Å². The van der Waals surface area contributed by atoms with E-state index in [1.165, 1.54) is 0 Å². The summed E-state index contributed by atoms with van der Waals surface area (Å²) in [6, 6.07) is 10.7. The van der Waals surface area contributed by atoms with Crippen LogP contribution in [0, 0.1) is 10.1 Å². The van der Waals surface area contributed by atoms with Crippen molar-refractivity contribution >= 4 is 43.6 Å². The van der Waals surface area contributed by atoms with Crippen molar-refractivity contribution in [3.05, 3.63) is 72.7 Å². The molecule has 1 heterocycles. The summed E-state index contributed by atoms with van der Waals surface area (Å²) in [4.78, 5) is 36.5. The molecule has 0 amide bonds. The summed E-state index contributed by atoms with van der Waals surface area (Å²) in [5, 5.41) is 12.0. The van der Waals surface area contributed by atoms with Gasteiger partial charge in [-0.3, -0.25) is 19.7 Å². The van der Waals surface area contributed by atoms with Crippen LogP contribution in [0.4, 0.5) is 0 Å². The Morgan fingerprint density at radius 1 is 1.10 bits per heavy atom. The molecule has 0 fully saturated rings. The third kappa shape index (κ3) is 5.07. The number of benzene rings is 2. The molecule has 0 bridgehead atoms. The van der Waals surface area contributed by atoms with Gasteiger partial charge in [0.25, 0.3) is 6.04 Å². The molecule has 0 saturated carbocycles. The highest BCUT2D eigenvalue weighted by atomic mass is 79.9. The molecule has 30 heavy (non-hydrogen) atoms. The summed E-state index contributed by atoms with van der Waals surface area (Å²) in [5.41, 5.74) is 1.03. The second-order valence-electron chi connectivity index (χ2n) is 6.86. The Hall–Kier alpha value is -2.26. The summed E-state index contributed by atoms with van der Waals surface area (Å²) in [5.74, 6) is -1.12. The number of hydrogen-bond acceptors (Lipinski definition) is 6. The lowest BCUT2D eigenvalue weighted by atomic mass is 9.80. The number of fused-ring (bicyclic) bond motifs is 1. The molecular formula is C21H19Br2NO6. The van der Waals surface area contributed by atoms with Crippen molar-refractivity contribution in [1.29, 1.82) is 0 Å². The first-order chi connectivity index (χ1) is 14.3. The second-order valence-corrected chi connectivity index (χ2v) is 8.70. The minimum atomic E-state index is -1.27. The van der Waals surface area contributed by atoms with Gasteiger partial charge >= 0.3 is 5.97 Å². The molecule has 3 atom stereocenters. The monoisotopic (exact) mass is 539 g/mol. The smallest absolute Gasteiger partial charge is 0.309 e. The van der Waals surface area contributed by atoms with Gasteiger partial charge < -0.3 is 9.47 Å². The lowest BCUT2D eigenvalue weighted by Gasteiger charge is -2.34. The molecule has 1 aliphatic rings. The lowest BCUT2D eigenvalue weighted by Crippen LogP contribution is -2.47. The third-order valence-electron chi connectivity index (χ3n) is 4.93. The molecule has 0 saturated heterocycles. The van der Waals surface area contributed by atoms with Gasteiger partial charge in [-0.05, 0) is 37.3 Å². The van der Waals surface area contributed by atoms with E-state index >= 15 is 0 Å². The number of nitro groups is 1. The predicted octanol–water partition coefficient (Wildman–Crippen LogP) is 4.93. The van der Waals surface area contributed by atoms with E-state index in [4.69, 9.17) is 9.47 Å². The fourth-order valence-corrected chi connectivity index (χ4v) is 4.25. The molecular weight excluding hydrogens is 522 g/mol. The van der Waals surface area contributed by atoms with Crippen LogP contribution in [-0.4, -0.2) is 35.4 Å². The summed E-state index contributed by atoms with van der Waals surface area (Å²) < 4.78 is 12.3. The zero-order valence-electron chi connectivity index (χ0n) is 16.0. The number of ether oxygens (including phenoxy) is 2. The Morgan fingerprint density at radius 3 is 2.40 bits per heavy atom. The molecule has 2 aromatic carbocycles. The zero-order valence-corrected chi connectivity index (χ0v) is 19.2. The van der Waals surface area contributed by atoms with Crippen LogP contribution in [0.1, 0.15) is 41.6 Å². The minimum Gasteiger partial charge on any atom is -0.482 e. The molecule has 0 radical (unpaired) electrons. The van der Waals surface area contributed by atoms with Crippen molar-refractivity contribution in [2.45, 2.75) is 37.8 Å². The fraction of sp³-hybridized carbons (Fsp3) is 0.333. The zero-order chi connectivity index (χ0) is 21.8. The number of rotatable bonds is 7. The van der Waals surface area contributed by atoms with Gasteiger partial charge in [-0.1, -0.05) is 44.0 Å². The van der Waals surface area contributed by atoms with Crippen molar-refractivity contribution in [2.24, 2.45) is 0 Å². The van der Waals surface area contributed by atoms with E-state index in [1.807, 2.05) is 0 Å². The van der Waals surface area contributed by atoms with Crippen molar-refractivity contribution in [2.75, 3.05) is 6.61 Å². The Balaban J connectivity index is 1.98. The normalized spacial score (nSPS) is 20.0. The number of hydrogen-bond donors (Lipinski definition) is 0. The van der Waals surface area contributed by atoms with Crippen LogP contribution in [-0.2, 0) is 9.53 Å². The molecule has 0 aliphatic carbocycles. The first kappa shape index (κ1) is 22.4. The second kappa shape index (κ2) is 9.70. The van der Waals surface area contributed by atoms with E-state index in [1.54, 1.807) is 49.4 Å². The maximum Gasteiger partial charge on any atom is 0.309 e. The van der Waals surface area contributed by atoms with E-state index in [-0.39, 0.29) is 25.2 Å². The maximum atomic E-state index is 12.9. The van der Waals surface area contributed by atoms with Crippen molar-refractivity contribution in [3.8, 4) is 5.75 Å². The molecule has 7 nitrogen and oxygen atoms in total. The van der Waals surface area contributed by atoms with Crippen LogP contribution >= 0.6 is 31.9 Å². The van der Waals surface area contributed by atoms with Gasteiger partial charge in [-0.15, -0.1) is 0 Å². The highest BCUT2D eigenvalue weighted by Crippen LogP contribution is 2.42. The molecule has 2 aromatic rings. The van der Waals surface area contributed by atoms with Crippen LogP contribution in [0.2, 0.25) is 0 Å².